The second-order valence-corrected chi connectivity index (χ2v) is 16.6. The Labute approximate surface area is 327 Å². The van der Waals surface area contributed by atoms with Crippen LogP contribution < -0.4 is 0 Å². The number of aromatic nitrogens is 3. The summed E-state index contributed by atoms with van der Waals surface area (Å²) >= 11 is 0. The summed E-state index contributed by atoms with van der Waals surface area (Å²) in [6, 6.07) is 55.7. The standard InChI is InChI=1S/C52H40N4/c53-32-33-7-5-10-41(28-33)45-23-24-48(47-13-4-3-12-46(45)47)51-55-49(39-17-15-38(16-18-39)44-14-6-9-37-8-1-2-11-43(37)44)54-50(56-51)40-19-21-42(22-20-40)52-29-34-25-35(30-52)27-36(26-34)31-52/h1-24,28,34-36H,25-27,29-31H2/t34-,35-,36-,52?. The van der Waals surface area contributed by atoms with Crippen molar-refractivity contribution in [3.05, 3.63) is 163 Å². The predicted octanol–water partition coefficient (Wildman–Crippen LogP) is 12.9. The van der Waals surface area contributed by atoms with Gasteiger partial charge in [0.25, 0.3) is 0 Å². The monoisotopic (exact) mass is 720 g/mol. The summed E-state index contributed by atoms with van der Waals surface area (Å²) in [5, 5.41) is 14.2. The van der Waals surface area contributed by atoms with Crippen molar-refractivity contribution in [1.82, 2.24) is 15.0 Å². The van der Waals surface area contributed by atoms with Crippen molar-refractivity contribution in [3.63, 3.8) is 0 Å². The molecule has 268 valence electrons. The van der Waals surface area contributed by atoms with E-state index in [2.05, 4.69) is 140 Å². The molecule has 4 aliphatic carbocycles. The molecule has 0 spiro atoms. The quantitative estimate of drug-likeness (QED) is 0.172. The van der Waals surface area contributed by atoms with Gasteiger partial charge in [-0.25, -0.2) is 15.0 Å². The van der Waals surface area contributed by atoms with Crippen molar-refractivity contribution in [2.24, 2.45) is 17.8 Å². The van der Waals surface area contributed by atoms with Crippen molar-refractivity contribution in [2.75, 3.05) is 0 Å². The van der Waals surface area contributed by atoms with E-state index in [0.717, 1.165) is 61.9 Å². The summed E-state index contributed by atoms with van der Waals surface area (Å²) in [4.78, 5) is 15.6. The first kappa shape index (κ1) is 32.9. The minimum atomic E-state index is 0.335. The van der Waals surface area contributed by atoms with E-state index < -0.39 is 0 Å². The van der Waals surface area contributed by atoms with Gasteiger partial charge in [-0.15, -0.1) is 0 Å². The molecular formula is C52H40N4. The van der Waals surface area contributed by atoms with Crippen LogP contribution in [0.5, 0.6) is 0 Å². The number of rotatable bonds is 6. The van der Waals surface area contributed by atoms with Crippen LogP contribution in [0.4, 0.5) is 0 Å². The zero-order valence-electron chi connectivity index (χ0n) is 31.2. The van der Waals surface area contributed by atoms with Crippen molar-refractivity contribution in [3.8, 4) is 62.5 Å². The fraction of sp³-hybridized carbons (Fsp3) is 0.192. The van der Waals surface area contributed by atoms with Gasteiger partial charge in [-0.3, -0.25) is 0 Å². The molecule has 4 saturated carbocycles. The molecule has 4 heteroatoms. The lowest BCUT2D eigenvalue weighted by molar-refractivity contribution is -0.00518. The number of nitriles is 1. The highest BCUT2D eigenvalue weighted by Crippen LogP contribution is 2.60. The Balaban J connectivity index is 1.03. The topological polar surface area (TPSA) is 62.5 Å². The Bertz CT molecular complexity index is 2810. The average molecular weight is 721 g/mol. The number of nitrogens with zero attached hydrogens (tertiary/aromatic N) is 4. The van der Waals surface area contributed by atoms with E-state index in [-0.39, 0.29) is 0 Å². The third-order valence-electron chi connectivity index (χ3n) is 13.1. The van der Waals surface area contributed by atoms with Gasteiger partial charge < -0.3 is 0 Å². The maximum Gasteiger partial charge on any atom is 0.164 e. The van der Waals surface area contributed by atoms with Crippen LogP contribution in [0.2, 0.25) is 0 Å². The van der Waals surface area contributed by atoms with Gasteiger partial charge in [0.2, 0.25) is 0 Å². The first-order valence-corrected chi connectivity index (χ1v) is 20.1. The second kappa shape index (κ2) is 13.1. The second-order valence-electron chi connectivity index (χ2n) is 16.6. The van der Waals surface area contributed by atoms with E-state index in [0.29, 0.717) is 28.5 Å². The van der Waals surface area contributed by atoms with Crippen LogP contribution in [0.25, 0.3) is 78.0 Å². The minimum Gasteiger partial charge on any atom is -0.208 e. The Kier molecular flexibility index (Phi) is 7.71. The third kappa shape index (κ3) is 5.61. The van der Waals surface area contributed by atoms with E-state index in [1.54, 1.807) is 0 Å². The number of hydrogen-bond donors (Lipinski definition) is 0. The molecule has 4 aliphatic rings. The molecule has 0 N–H and O–H groups in total. The molecule has 0 atom stereocenters. The lowest BCUT2D eigenvalue weighted by Crippen LogP contribution is -2.48. The summed E-state index contributed by atoms with van der Waals surface area (Å²) in [6.45, 7) is 0. The highest BCUT2D eigenvalue weighted by atomic mass is 15.0. The Hall–Kier alpha value is -6.44. The van der Waals surface area contributed by atoms with Gasteiger partial charge >= 0.3 is 0 Å². The molecule has 0 unspecified atom stereocenters. The van der Waals surface area contributed by atoms with Gasteiger partial charge in [-0.2, -0.15) is 5.26 Å². The number of fused-ring (bicyclic) bond motifs is 2. The van der Waals surface area contributed by atoms with Crippen molar-refractivity contribution in [1.29, 1.82) is 5.26 Å². The zero-order valence-corrected chi connectivity index (χ0v) is 31.2. The van der Waals surface area contributed by atoms with Gasteiger partial charge in [-0.05, 0) is 129 Å². The molecule has 0 amide bonds. The molecule has 1 heterocycles. The number of benzene rings is 7. The summed E-state index contributed by atoms with van der Waals surface area (Å²) in [6.07, 6.45) is 8.36. The van der Waals surface area contributed by atoms with Gasteiger partial charge in [0.1, 0.15) is 0 Å². The molecule has 56 heavy (non-hydrogen) atoms. The van der Waals surface area contributed by atoms with Gasteiger partial charge in [0.15, 0.2) is 17.5 Å². The van der Waals surface area contributed by atoms with Gasteiger partial charge in [0.05, 0.1) is 11.6 Å². The molecule has 0 radical (unpaired) electrons. The molecule has 1 aromatic heterocycles. The maximum atomic E-state index is 9.63. The summed E-state index contributed by atoms with van der Waals surface area (Å²) in [7, 11) is 0. The summed E-state index contributed by atoms with van der Waals surface area (Å²) in [5.74, 6) is 4.67. The molecule has 12 rings (SSSR count). The van der Waals surface area contributed by atoms with Gasteiger partial charge in [-0.1, -0.05) is 133 Å². The van der Waals surface area contributed by atoms with E-state index in [4.69, 9.17) is 15.0 Å². The Morgan fingerprint density at radius 2 is 0.964 bits per heavy atom. The summed E-state index contributed by atoms with van der Waals surface area (Å²) in [5.41, 5.74) is 9.81. The first-order valence-electron chi connectivity index (χ1n) is 20.1. The van der Waals surface area contributed by atoms with E-state index in [9.17, 15) is 5.26 Å². The molecule has 4 nitrogen and oxygen atoms in total. The fourth-order valence-electron chi connectivity index (χ4n) is 11.0. The SMILES string of the molecule is N#Cc1cccc(-c2ccc(-c3nc(-c4ccc(-c5cccc6ccccc56)cc4)nc(-c4ccc(C56C[C@H]7C[C@H](C5)C[C@@H](C6)C7)cc4)n3)c3ccccc23)c1. The van der Waals surface area contributed by atoms with Crippen LogP contribution >= 0.6 is 0 Å². The predicted molar refractivity (Wildman–Crippen MR) is 227 cm³/mol. The Morgan fingerprint density at radius 1 is 0.446 bits per heavy atom. The lowest BCUT2D eigenvalue weighted by Gasteiger charge is -2.57. The van der Waals surface area contributed by atoms with E-state index in [1.165, 1.54) is 60.4 Å². The fourth-order valence-corrected chi connectivity index (χ4v) is 11.0. The molecule has 4 fully saturated rings. The Morgan fingerprint density at radius 3 is 1.64 bits per heavy atom. The molecule has 4 bridgehead atoms. The molecule has 0 aliphatic heterocycles. The zero-order chi connectivity index (χ0) is 37.2. The van der Waals surface area contributed by atoms with Gasteiger partial charge in [0, 0.05) is 16.7 Å². The third-order valence-corrected chi connectivity index (χ3v) is 13.1. The van der Waals surface area contributed by atoms with Crippen LogP contribution in [0.3, 0.4) is 0 Å². The molecule has 0 saturated heterocycles. The lowest BCUT2D eigenvalue weighted by atomic mass is 9.48. The van der Waals surface area contributed by atoms with E-state index >= 15 is 0 Å². The summed E-state index contributed by atoms with van der Waals surface area (Å²) < 4.78 is 0. The van der Waals surface area contributed by atoms with Crippen molar-refractivity contribution in [2.45, 2.75) is 43.9 Å². The van der Waals surface area contributed by atoms with Crippen LogP contribution in [-0.4, -0.2) is 15.0 Å². The van der Waals surface area contributed by atoms with Crippen LogP contribution in [-0.2, 0) is 5.41 Å². The number of hydrogen-bond acceptors (Lipinski definition) is 4. The maximum absolute atomic E-state index is 9.63. The first-order chi connectivity index (χ1) is 27.6. The van der Waals surface area contributed by atoms with E-state index in [1.807, 2.05) is 18.2 Å². The van der Waals surface area contributed by atoms with Crippen LogP contribution in [0, 0.1) is 29.1 Å². The normalized spacial score (nSPS) is 21.0. The van der Waals surface area contributed by atoms with Crippen LogP contribution in [0.1, 0.15) is 49.7 Å². The highest BCUT2D eigenvalue weighted by molar-refractivity contribution is 6.04. The van der Waals surface area contributed by atoms with Crippen molar-refractivity contribution >= 4 is 21.5 Å². The molecule has 8 aromatic rings. The largest absolute Gasteiger partial charge is 0.208 e. The average Bonchev–Trinajstić information content (AvgIpc) is 3.25. The highest BCUT2D eigenvalue weighted by Gasteiger charge is 2.51. The van der Waals surface area contributed by atoms with Crippen LogP contribution in [0.15, 0.2) is 152 Å². The smallest absolute Gasteiger partial charge is 0.164 e. The molecule has 7 aromatic carbocycles. The van der Waals surface area contributed by atoms with Crippen molar-refractivity contribution < 1.29 is 0 Å². The minimum absolute atomic E-state index is 0.335. The molecular weight excluding hydrogens is 681 g/mol.